The van der Waals surface area contributed by atoms with E-state index in [1.165, 1.54) is 24.3 Å². The van der Waals surface area contributed by atoms with E-state index < -0.39 is 16.7 Å². The molecule has 0 radical (unpaired) electrons. The van der Waals surface area contributed by atoms with Crippen LogP contribution in [0.1, 0.15) is 23.7 Å². The quantitative estimate of drug-likeness (QED) is 0.328. The molecule has 0 heterocycles. The maximum absolute atomic E-state index is 12.2. The number of rotatable bonds is 8. The minimum atomic E-state index is -0.570. The lowest BCUT2D eigenvalue weighted by Gasteiger charge is -2.12. The van der Waals surface area contributed by atoms with Crippen molar-refractivity contribution in [3.63, 3.8) is 0 Å². The van der Waals surface area contributed by atoms with Gasteiger partial charge >= 0.3 is 0 Å². The largest absolute Gasteiger partial charge is 0.494 e. The van der Waals surface area contributed by atoms with E-state index in [2.05, 4.69) is 16.2 Å². The zero-order valence-electron chi connectivity index (χ0n) is 16.0. The van der Waals surface area contributed by atoms with Crippen molar-refractivity contribution in [1.29, 1.82) is 0 Å². The van der Waals surface area contributed by atoms with Crippen LogP contribution in [0.4, 0.5) is 5.69 Å². The van der Waals surface area contributed by atoms with E-state index in [-0.39, 0.29) is 23.2 Å². The topological polar surface area (TPSA) is 132 Å². The summed E-state index contributed by atoms with van der Waals surface area (Å²) in [7, 11) is 0. The van der Waals surface area contributed by atoms with Crippen LogP contribution in [-0.2, 0) is 4.79 Å². The van der Waals surface area contributed by atoms with Crippen molar-refractivity contribution in [1.82, 2.24) is 16.2 Å². The predicted molar refractivity (Wildman–Crippen MR) is 112 cm³/mol. The summed E-state index contributed by atoms with van der Waals surface area (Å²) < 4.78 is 10.7. The Labute approximate surface area is 177 Å². The molecule has 0 spiro atoms. The van der Waals surface area contributed by atoms with Gasteiger partial charge in [-0.2, -0.15) is 0 Å². The number of thiocarbonyl (C=S) groups is 1. The molecule has 0 aliphatic heterocycles. The maximum atomic E-state index is 12.2. The minimum Gasteiger partial charge on any atom is -0.494 e. The van der Waals surface area contributed by atoms with Gasteiger partial charge in [0, 0.05) is 17.7 Å². The Bertz CT molecular complexity index is 919. The molecule has 2 aromatic rings. The number of nitro benzene ring substituents is 1. The SMILES string of the molecule is CCCOc1cccc(C(=O)NC(=S)NNC(=O)COc2ccc([N+](=O)[O-])cc2)c1. The second-order valence-corrected chi connectivity index (χ2v) is 6.28. The third kappa shape index (κ3) is 7.36. The lowest BCUT2D eigenvalue weighted by Crippen LogP contribution is -2.49. The maximum Gasteiger partial charge on any atom is 0.276 e. The van der Waals surface area contributed by atoms with Gasteiger partial charge in [-0.3, -0.25) is 35.9 Å². The van der Waals surface area contributed by atoms with Gasteiger partial charge in [0.05, 0.1) is 11.5 Å². The fourth-order valence-electron chi connectivity index (χ4n) is 2.13. The van der Waals surface area contributed by atoms with Crippen molar-refractivity contribution in [3.8, 4) is 11.5 Å². The monoisotopic (exact) mass is 432 g/mol. The molecule has 30 heavy (non-hydrogen) atoms. The summed E-state index contributed by atoms with van der Waals surface area (Å²) in [5, 5.41) is 12.9. The average Bonchev–Trinajstić information content (AvgIpc) is 2.75. The number of carbonyl (C=O) groups excluding carboxylic acids is 2. The van der Waals surface area contributed by atoms with Gasteiger partial charge in [-0.15, -0.1) is 0 Å². The zero-order valence-corrected chi connectivity index (χ0v) is 16.9. The van der Waals surface area contributed by atoms with E-state index in [9.17, 15) is 19.7 Å². The lowest BCUT2D eigenvalue weighted by molar-refractivity contribution is -0.384. The second-order valence-electron chi connectivity index (χ2n) is 5.87. The number of hydrazine groups is 1. The van der Waals surface area contributed by atoms with Gasteiger partial charge in [-0.05, 0) is 49.0 Å². The summed E-state index contributed by atoms with van der Waals surface area (Å²) >= 11 is 4.97. The highest BCUT2D eigenvalue weighted by Crippen LogP contribution is 2.17. The van der Waals surface area contributed by atoms with E-state index >= 15 is 0 Å². The van der Waals surface area contributed by atoms with Crippen molar-refractivity contribution < 1.29 is 24.0 Å². The first-order valence-electron chi connectivity index (χ1n) is 8.89. The molecule has 2 aromatic carbocycles. The number of nitrogens with one attached hydrogen (secondary N) is 3. The van der Waals surface area contributed by atoms with Gasteiger partial charge < -0.3 is 9.47 Å². The van der Waals surface area contributed by atoms with E-state index in [0.717, 1.165) is 6.42 Å². The van der Waals surface area contributed by atoms with Crippen LogP contribution < -0.4 is 25.6 Å². The highest BCUT2D eigenvalue weighted by Gasteiger charge is 2.10. The summed E-state index contributed by atoms with van der Waals surface area (Å²) in [6.07, 6.45) is 0.845. The molecule has 2 amide bonds. The Hall–Kier alpha value is -3.73. The van der Waals surface area contributed by atoms with Crippen LogP contribution >= 0.6 is 12.2 Å². The Morgan fingerprint density at radius 1 is 1.07 bits per heavy atom. The van der Waals surface area contributed by atoms with Crippen molar-refractivity contribution in [2.24, 2.45) is 0 Å². The molecule has 0 saturated heterocycles. The summed E-state index contributed by atoms with van der Waals surface area (Å²) in [4.78, 5) is 34.1. The van der Waals surface area contributed by atoms with E-state index in [4.69, 9.17) is 21.7 Å². The van der Waals surface area contributed by atoms with Crippen LogP contribution in [0.25, 0.3) is 0 Å². The Kier molecular flexibility index (Phi) is 8.51. The normalized spacial score (nSPS) is 9.90. The van der Waals surface area contributed by atoms with Crippen LogP contribution in [0.15, 0.2) is 48.5 Å². The standard InChI is InChI=1S/C19H20N4O6S/c1-2-10-28-16-5-3-4-13(11-16)18(25)20-19(30)22-21-17(24)12-29-15-8-6-14(7-9-15)23(26)27/h3-9,11H,2,10,12H2,1H3,(H,21,24)(H2,20,22,25,30). The zero-order chi connectivity index (χ0) is 21.9. The average molecular weight is 432 g/mol. The summed E-state index contributed by atoms with van der Waals surface area (Å²) in [6.45, 7) is 2.16. The number of nitro groups is 1. The first-order valence-corrected chi connectivity index (χ1v) is 9.30. The molecule has 158 valence electrons. The van der Waals surface area contributed by atoms with Crippen LogP contribution in [0, 0.1) is 10.1 Å². The third-order valence-electron chi connectivity index (χ3n) is 3.53. The number of hydrogen-bond donors (Lipinski definition) is 3. The van der Waals surface area contributed by atoms with Gasteiger partial charge in [0.25, 0.3) is 17.5 Å². The van der Waals surface area contributed by atoms with E-state index in [0.29, 0.717) is 17.9 Å². The number of carbonyl (C=O) groups is 2. The van der Waals surface area contributed by atoms with Gasteiger partial charge in [0.2, 0.25) is 0 Å². The van der Waals surface area contributed by atoms with Crippen molar-refractivity contribution >= 4 is 34.8 Å². The minimum absolute atomic E-state index is 0.0861. The van der Waals surface area contributed by atoms with Crippen molar-refractivity contribution in [2.75, 3.05) is 13.2 Å². The summed E-state index contributed by atoms with van der Waals surface area (Å²) in [5.74, 6) is -0.178. The van der Waals surface area contributed by atoms with Gasteiger partial charge in [-0.1, -0.05) is 13.0 Å². The van der Waals surface area contributed by atoms with Gasteiger partial charge in [0.15, 0.2) is 11.7 Å². The molecule has 10 nitrogen and oxygen atoms in total. The molecule has 0 unspecified atom stereocenters. The number of ether oxygens (including phenoxy) is 2. The smallest absolute Gasteiger partial charge is 0.276 e. The Morgan fingerprint density at radius 3 is 2.47 bits per heavy atom. The number of amides is 2. The fourth-order valence-corrected chi connectivity index (χ4v) is 2.27. The van der Waals surface area contributed by atoms with Gasteiger partial charge in [0.1, 0.15) is 11.5 Å². The molecular formula is C19H20N4O6S. The highest BCUT2D eigenvalue weighted by atomic mass is 32.1. The molecule has 3 N–H and O–H groups in total. The highest BCUT2D eigenvalue weighted by molar-refractivity contribution is 7.80. The van der Waals surface area contributed by atoms with Crippen molar-refractivity contribution in [3.05, 3.63) is 64.2 Å². The molecule has 0 bridgehead atoms. The van der Waals surface area contributed by atoms with Crippen LogP contribution in [0.5, 0.6) is 11.5 Å². The molecule has 0 aliphatic carbocycles. The Morgan fingerprint density at radius 2 is 1.80 bits per heavy atom. The van der Waals surface area contributed by atoms with Crippen molar-refractivity contribution in [2.45, 2.75) is 13.3 Å². The number of nitrogens with zero attached hydrogens (tertiary/aromatic N) is 1. The molecule has 0 saturated carbocycles. The predicted octanol–water partition coefficient (Wildman–Crippen LogP) is 2.10. The van der Waals surface area contributed by atoms with Crippen LogP contribution in [0.3, 0.4) is 0 Å². The summed E-state index contributed by atoms with van der Waals surface area (Å²) in [6, 6.07) is 11.9. The molecule has 0 atom stereocenters. The number of non-ortho nitro benzene ring substituents is 1. The molecular weight excluding hydrogens is 412 g/mol. The fraction of sp³-hybridized carbons (Fsp3) is 0.211. The lowest BCUT2D eigenvalue weighted by atomic mass is 10.2. The molecule has 11 heteroatoms. The van der Waals surface area contributed by atoms with Crippen LogP contribution in [-0.4, -0.2) is 35.1 Å². The van der Waals surface area contributed by atoms with Gasteiger partial charge in [-0.25, -0.2) is 0 Å². The number of hydrogen-bond acceptors (Lipinski definition) is 7. The molecule has 0 aliphatic rings. The summed E-state index contributed by atoms with van der Waals surface area (Å²) in [5.41, 5.74) is 4.93. The molecule has 0 fully saturated rings. The van der Waals surface area contributed by atoms with Crippen LogP contribution in [0.2, 0.25) is 0 Å². The molecule has 2 rings (SSSR count). The van der Waals surface area contributed by atoms with E-state index in [1.54, 1.807) is 24.3 Å². The Balaban J connectivity index is 1.75. The first-order chi connectivity index (χ1) is 14.4. The second kappa shape index (κ2) is 11.3. The number of benzene rings is 2. The first kappa shape index (κ1) is 22.6. The van der Waals surface area contributed by atoms with E-state index in [1.807, 2.05) is 6.92 Å². The molecule has 0 aromatic heterocycles. The third-order valence-corrected chi connectivity index (χ3v) is 3.73.